The Bertz CT molecular complexity index is 618. The predicted molar refractivity (Wildman–Crippen MR) is 79.7 cm³/mol. The van der Waals surface area contributed by atoms with E-state index in [0.717, 1.165) is 0 Å². The summed E-state index contributed by atoms with van der Waals surface area (Å²) in [6.07, 6.45) is 1.80. The van der Waals surface area contributed by atoms with Crippen molar-refractivity contribution in [3.63, 3.8) is 0 Å². The molecule has 1 aromatic carbocycles. The Hall–Kier alpha value is -2.92. The quantitative estimate of drug-likeness (QED) is 0.301. The minimum Gasteiger partial charge on any atom is -0.394 e. The highest BCUT2D eigenvalue weighted by molar-refractivity contribution is 6.07. The van der Waals surface area contributed by atoms with Gasteiger partial charge in [0.2, 0.25) is 0 Å². The van der Waals surface area contributed by atoms with Crippen molar-refractivity contribution in [1.82, 2.24) is 5.32 Å². The third-order valence-electron chi connectivity index (χ3n) is 2.89. The second-order valence-corrected chi connectivity index (χ2v) is 4.35. The van der Waals surface area contributed by atoms with Crippen LogP contribution in [0.15, 0.2) is 36.0 Å². The number of rotatable bonds is 7. The number of para-hydroxylation sites is 2. The zero-order valence-corrected chi connectivity index (χ0v) is 11.9. The van der Waals surface area contributed by atoms with Crippen LogP contribution in [0.5, 0.6) is 0 Å². The number of aliphatic hydroxyl groups excluding tert-OH is 1. The van der Waals surface area contributed by atoms with Crippen LogP contribution in [0.4, 0.5) is 11.4 Å². The molecular weight excluding hydrogens is 288 g/mol. The molecule has 0 saturated carbocycles. The van der Waals surface area contributed by atoms with Crippen LogP contribution in [0.25, 0.3) is 0 Å². The largest absolute Gasteiger partial charge is 0.394 e. The van der Waals surface area contributed by atoms with Gasteiger partial charge in [-0.3, -0.25) is 14.9 Å². The van der Waals surface area contributed by atoms with Gasteiger partial charge in [0.25, 0.3) is 11.6 Å². The minimum absolute atomic E-state index is 0.00727. The Morgan fingerprint density at radius 2 is 2.23 bits per heavy atom. The van der Waals surface area contributed by atoms with Crippen molar-refractivity contribution < 1.29 is 14.8 Å². The first-order valence-corrected chi connectivity index (χ1v) is 6.55. The summed E-state index contributed by atoms with van der Waals surface area (Å²) >= 11 is 0. The molecular formula is C14H16N4O4. The van der Waals surface area contributed by atoms with E-state index < -0.39 is 10.8 Å². The molecule has 1 rings (SSSR count). The van der Waals surface area contributed by atoms with Gasteiger partial charge in [0, 0.05) is 18.3 Å². The van der Waals surface area contributed by atoms with Gasteiger partial charge in [-0.1, -0.05) is 19.1 Å². The van der Waals surface area contributed by atoms with Gasteiger partial charge in [0.05, 0.1) is 11.5 Å². The van der Waals surface area contributed by atoms with Crippen LogP contribution in [0, 0.1) is 21.4 Å². The molecule has 0 bridgehead atoms. The SMILES string of the molecule is CCC(CO)N/C=C(/C#N)C(=O)Nc1ccccc1[N+](=O)[O-]. The molecule has 3 N–H and O–H groups in total. The third-order valence-corrected chi connectivity index (χ3v) is 2.89. The summed E-state index contributed by atoms with van der Waals surface area (Å²) in [6, 6.07) is 7.08. The maximum atomic E-state index is 12.0. The van der Waals surface area contributed by atoms with E-state index in [1.54, 1.807) is 6.07 Å². The van der Waals surface area contributed by atoms with E-state index >= 15 is 0 Å². The second-order valence-electron chi connectivity index (χ2n) is 4.35. The first kappa shape index (κ1) is 17.1. The Morgan fingerprint density at radius 3 is 2.77 bits per heavy atom. The molecule has 1 aromatic rings. The molecule has 8 heteroatoms. The summed E-state index contributed by atoms with van der Waals surface area (Å²) < 4.78 is 0. The van der Waals surface area contributed by atoms with E-state index in [2.05, 4.69) is 10.6 Å². The maximum Gasteiger partial charge on any atom is 0.292 e. The van der Waals surface area contributed by atoms with Gasteiger partial charge >= 0.3 is 0 Å². The molecule has 0 aliphatic carbocycles. The van der Waals surface area contributed by atoms with Gasteiger partial charge in [-0.2, -0.15) is 5.26 Å². The Balaban J connectivity index is 2.89. The lowest BCUT2D eigenvalue weighted by molar-refractivity contribution is -0.383. The van der Waals surface area contributed by atoms with Crippen LogP contribution in [-0.4, -0.2) is 28.6 Å². The van der Waals surface area contributed by atoms with E-state index in [4.69, 9.17) is 10.4 Å². The van der Waals surface area contributed by atoms with Crippen LogP contribution in [0.1, 0.15) is 13.3 Å². The standard InChI is InChI=1S/C14H16N4O4/c1-2-11(9-19)16-8-10(7-15)14(20)17-12-5-3-4-6-13(12)18(21)22/h3-6,8,11,16,19H,2,9H2,1H3,(H,17,20)/b10-8-. The van der Waals surface area contributed by atoms with E-state index in [0.29, 0.717) is 6.42 Å². The average Bonchev–Trinajstić information content (AvgIpc) is 2.52. The number of hydrogen-bond acceptors (Lipinski definition) is 6. The molecule has 0 aromatic heterocycles. The van der Waals surface area contributed by atoms with Crippen molar-refractivity contribution >= 4 is 17.3 Å². The van der Waals surface area contributed by atoms with Crippen LogP contribution in [0.2, 0.25) is 0 Å². The van der Waals surface area contributed by atoms with Crippen LogP contribution >= 0.6 is 0 Å². The zero-order valence-electron chi connectivity index (χ0n) is 11.9. The normalized spacial score (nSPS) is 12.1. The average molecular weight is 304 g/mol. The van der Waals surface area contributed by atoms with Crippen molar-refractivity contribution in [2.45, 2.75) is 19.4 Å². The summed E-state index contributed by atoms with van der Waals surface area (Å²) in [5.41, 5.74) is -0.499. The zero-order chi connectivity index (χ0) is 16.5. The van der Waals surface area contributed by atoms with Crippen molar-refractivity contribution in [3.8, 4) is 6.07 Å². The molecule has 0 aliphatic rings. The highest BCUT2D eigenvalue weighted by atomic mass is 16.6. The minimum atomic E-state index is -0.767. The first-order valence-electron chi connectivity index (χ1n) is 6.55. The Morgan fingerprint density at radius 1 is 1.55 bits per heavy atom. The lowest BCUT2D eigenvalue weighted by atomic mass is 10.2. The summed E-state index contributed by atoms with van der Waals surface area (Å²) in [6.45, 7) is 1.69. The molecule has 116 valence electrons. The van der Waals surface area contributed by atoms with E-state index in [-0.39, 0.29) is 29.6 Å². The molecule has 8 nitrogen and oxygen atoms in total. The highest BCUT2D eigenvalue weighted by Gasteiger charge is 2.17. The number of carbonyl (C=O) groups excluding carboxylic acids is 1. The summed E-state index contributed by atoms with van der Waals surface area (Å²) in [7, 11) is 0. The number of nitrogens with one attached hydrogen (secondary N) is 2. The van der Waals surface area contributed by atoms with Crippen molar-refractivity contribution in [3.05, 3.63) is 46.2 Å². The van der Waals surface area contributed by atoms with Gasteiger partial charge in [-0.25, -0.2) is 0 Å². The summed E-state index contributed by atoms with van der Waals surface area (Å²) in [5, 5.41) is 34.0. The fraction of sp³-hybridized carbons (Fsp3) is 0.286. The number of nitrogens with zero attached hydrogens (tertiary/aromatic N) is 2. The first-order chi connectivity index (χ1) is 10.5. The number of aliphatic hydroxyl groups is 1. The second kappa shape index (κ2) is 8.39. The number of nitriles is 1. The van der Waals surface area contributed by atoms with Gasteiger partial charge in [0.1, 0.15) is 17.3 Å². The smallest absolute Gasteiger partial charge is 0.292 e. The van der Waals surface area contributed by atoms with E-state index in [9.17, 15) is 14.9 Å². The Kier molecular flexibility index (Phi) is 6.53. The van der Waals surface area contributed by atoms with Crippen LogP contribution < -0.4 is 10.6 Å². The molecule has 0 aliphatic heterocycles. The van der Waals surface area contributed by atoms with Crippen molar-refractivity contribution in [2.75, 3.05) is 11.9 Å². The molecule has 1 atom stereocenters. The van der Waals surface area contributed by atoms with Crippen molar-refractivity contribution in [2.24, 2.45) is 0 Å². The monoisotopic (exact) mass is 304 g/mol. The van der Waals surface area contributed by atoms with Gasteiger partial charge in [-0.05, 0) is 12.5 Å². The Labute approximate surface area is 127 Å². The van der Waals surface area contributed by atoms with E-state index in [1.807, 2.05) is 6.92 Å². The summed E-state index contributed by atoms with van der Waals surface area (Å²) in [5.74, 6) is -0.767. The predicted octanol–water partition coefficient (Wildman–Crippen LogP) is 1.30. The van der Waals surface area contributed by atoms with E-state index in [1.165, 1.54) is 30.5 Å². The number of anilines is 1. The van der Waals surface area contributed by atoms with Gasteiger partial charge in [0.15, 0.2) is 0 Å². The fourth-order valence-electron chi connectivity index (χ4n) is 1.58. The van der Waals surface area contributed by atoms with Crippen molar-refractivity contribution in [1.29, 1.82) is 5.26 Å². The fourth-order valence-corrected chi connectivity index (χ4v) is 1.58. The van der Waals surface area contributed by atoms with Crippen LogP contribution in [0.3, 0.4) is 0 Å². The number of carbonyl (C=O) groups is 1. The maximum absolute atomic E-state index is 12.0. The molecule has 0 heterocycles. The molecule has 0 fully saturated rings. The number of hydrogen-bond donors (Lipinski definition) is 3. The lowest BCUT2D eigenvalue weighted by Gasteiger charge is -2.12. The number of benzene rings is 1. The molecule has 0 radical (unpaired) electrons. The lowest BCUT2D eigenvalue weighted by Crippen LogP contribution is -2.28. The molecule has 1 amide bonds. The van der Waals surface area contributed by atoms with Crippen LogP contribution in [-0.2, 0) is 4.79 Å². The number of nitro benzene ring substituents is 1. The number of amides is 1. The topological polar surface area (TPSA) is 128 Å². The molecule has 0 spiro atoms. The van der Waals surface area contributed by atoms with Gasteiger partial charge in [-0.15, -0.1) is 0 Å². The number of nitro groups is 1. The highest BCUT2D eigenvalue weighted by Crippen LogP contribution is 2.23. The molecule has 1 unspecified atom stereocenters. The molecule has 22 heavy (non-hydrogen) atoms. The molecule has 0 saturated heterocycles. The summed E-state index contributed by atoms with van der Waals surface area (Å²) in [4.78, 5) is 22.2. The third kappa shape index (κ3) is 4.57. The van der Waals surface area contributed by atoms with Gasteiger partial charge < -0.3 is 15.7 Å².